The SMILES string of the molecule is CCCCNC(=O)N(CC(=O)N(CCc1ccc(OC)c(OC)c1)Cc1ccc(C)s1)C[C@@H]1CCCO1. The van der Waals surface area contributed by atoms with Gasteiger partial charge in [0.2, 0.25) is 5.91 Å². The van der Waals surface area contributed by atoms with Crippen LogP contribution in [0, 0.1) is 6.92 Å². The lowest BCUT2D eigenvalue weighted by Gasteiger charge is -2.29. The van der Waals surface area contributed by atoms with Crippen LogP contribution in [0.25, 0.3) is 0 Å². The Hall–Kier alpha value is -2.78. The van der Waals surface area contributed by atoms with Gasteiger partial charge >= 0.3 is 6.03 Å². The molecule has 1 aliphatic heterocycles. The van der Waals surface area contributed by atoms with Crippen LogP contribution in [0.1, 0.15) is 47.9 Å². The van der Waals surface area contributed by atoms with Crippen molar-refractivity contribution in [2.24, 2.45) is 0 Å². The molecule has 0 spiro atoms. The van der Waals surface area contributed by atoms with Gasteiger partial charge in [-0.2, -0.15) is 0 Å². The monoisotopic (exact) mass is 531 g/mol. The van der Waals surface area contributed by atoms with E-state index in [1.807, 2.05) is 23.1 Å². The Morgan fingerprint density at radius 3 is 2.59 bits per heavy atom. The quantitative estimate of drug-likeness (QED) is 0.360. The summed E-state index contributed by atoms with van der Waals surface area (Å²) in [7, 11) is 3.23. The molecule has 0 radical (unpaired) electrons. The number of amides is 3. The molecule has 1 fully saturated rings. The van der Waals surface area contributed by atoms with E-state index in [0.29, 0.717) is 50.7 Å². The van der Waals surface area contributed by atoms with Gasteiger partial charge in [0, 0.05) is 36.0 Å². The molecule has 0 unspecified atom stereocenters. The maximum Gasteiger partial charge on any atom is 0.317 e. The number of nitrogens with one attached hydrogen (secondary N) is 1. The number of thiophene rings is 1. The molecule has 0 saturated carbocycles. The van der Waals surface area contributed by atoms with Crippen LogP contribution >= 0.6 is 11.3 Å². The molecule has 1 atom stereocenters. The third kappa shape index (κ3) is 8.93. The van der Waals surface area contributed by atoms with Gasteiger partial charge in [-0.15, -0.1) is 11.3 Å². The lowest BCUT2D eigenvalue weighted by atomic mass is 10.1. The lowest BCUT2D eigenvalue weighted by molar-refractivity contribution is -0.132. The zero-order valence-electron chi connectivity index (χ0n) is 22.6. The second-order valence-electron chi connectivity index (χ2n) is 9.37. The van der Waals surface area contributed by atoms with Crippen molar-refractivity contribution >= 4 is 23.3 Å². The summed E-state index contributed by atoms with van der Waals surface area (Å²) >= 11 is 1.69. The van der Waals surface area contributed by atoms with Crippen molar-refractivity contribution in [1.82, 2.24) is 15.1 Å². The number of urea groups is 1. The first-order chi connectivity index (χ1) is 17.9. The number of unbranched alkanes of at least 4 members (excludes halogenated alkanes) is 1. The minimum Gasteiger partial charge on any atom is -0.493 e. The van der Waals surface area contributed by atoms with Crippen LogP contribution in [0.3, 0.4) is 0 Å². The smallest absolute Gasteiger partial charge is 0.317 e. The van der Waals surface area contributed by atoms with Gasteiger partial charge in [0.25, 0.3) is 0 Å². The summed E-state index contributed by atoms with van der Waals surface area (Å²) in [6.45, 7) is 6.93. The molecule has 1 aromatic heterocycles. The van der Waals surface area contributed by atoms with Crippen LogP contribution in [-0.4, -0.2) is 74.8 Å². The Morgan fingerprint density at radius 1 is 1.14 bits per heavy atom. The first kappa shape index (κ1) is 28.8. The summed E-state index contributed by atoms with van der Waals surface area (Å²) in [5.41, 5.74) is 1.05. The largest absolute Gasteiger partial charge is 0.493 e. The summed E-state index contributed by atoms with van der Waals surface area (Å²) in [4.78, 5) is 32.4. The zero-order valence-corrected chi connectivity index (χ0v) is 23.4. The normalized spacial score (nSPS) is 14.9. The van der Waals surface area contributed by atoms with Gasteiger partial charge in [-0.05, 0) is 62.4 Å². The van der Waals surface area contributed by atoms with Crippen molar-refractivity contribution in [2.45, 2.75) is 58.6 Å². The summed E-state index contributed by atoms with van der Waals surface area (Å²) < 4.78 is 16.6. The van der Waals surface area contributed by atoms with Gasteiger partial charge in [-0.3, -0.25) is 4.79 Å². The molecule has 204 valence electrons. The van der Waals surface area contributed by atoms with Crippen molar-refractivity contribution < 1.29 is 23.8 Å². The molecule has 2 heterocycles. The Labute approximate surface area is 224 Å². The summed E-state index contributed by atoms with van der Waals surface area (Å²) in [5.74, 6) is 1.26. The van der Waals surface area contributed by atoms with E-state index in [0.717, 1.165) is 36.1 Å². The number of benzene rings is 1. The lowest BCUT2D eigenvalue weighted by Crippen LogP contribution is -2.49. The molecule has 9 heteroatoms. The van der Waals surface area contributed by atoms with Crippen LogP contribution < -0.4 is 14.8 Å². The Kier molecular flexibility index (Phi) is 11.5. The fourth-order valence-electron chi connectivity index (χ4n) is 4.35. The highest BCUT2D eigenvalue weighted by Gasteiger charge is 2.26. The standard InChI is InChI=1S/C28H41N3O5S/c1-5-6-14-29-28(33)31(18-23-8-7-16-36-23)20-27(32)30(19-24-11-9-21(2)37-24)15-13-22-10-12-25(34-3)26(17-22)35-4/h9-12,17,23H,5-8,13-16,18-20H2,1-4H3,(H,29,33)/t23-/m0/s1. The van der Waals surface area contributed by atoms with Crippen molar-refractivity contribution in [2.75, 3.05) is 47.0 Å². The number of hydrogen-bond donors (Lipinski definition) is 1. The molecule has 1 aromatic carbocycles. The maximum absolute atomic E-state index is 13.6. The highest BCUT2D eigenvalue weighted by Crippen LogP contribution is 2.28. The van der Waals surface area contributed by atoms with E-state index in [9.17, 15) is 9.59 Å². The average Bonchev–Trinajstić information content (AvgIpc) is 3.57. The molecule has 37 heavy (non-hydrogen) atoms. The highest BCUT2D eigenvalue weighted by molar-refractivity contribution is 7.11. The van der Waals surface area contributed by atoms with Gasteiger partial charge in [0.15, 0.2) is 11.5 Å². The molecule has 1 N–H and O–H groups in total. The number of carbonyl (C=O) groups excluding carboxylic acids is 2. The number of methoxy groups -OCH3 is 2. The minimum atomic E-state index is -0.205. The molecule has 0 aliphatic carbocycles. The first-order valence-electron chi connectivity index (χ1n) is 13.1. The number of aryl methyl sites for hydroxylation is 1. The zero-order chi connectivity index (χ0) is 26.6. The summed E-state index contributed by atoms with van der Waals surface area (Å²) in [5, 5.41) is 2.97. The third-order valence-corrected chi connectivity index (χ3v) is 7.47. The van der Waals surface area contributed by atoms with Gasteiger partial charge in [-0.1, -0.05) is 19.4 Å². The summed E-state index contributed by atoms with van der Waals surface area (Å²) in [6, 6.07) is 9.75. The van der Waals surface area contributed by atoms with Crippen molar-refractivity contribution in [1.29, 1.82) is 0 Å². The third-order valence-electron chi connectivity index (χ3n) is 6.48. The number of carbonyl (C=O) groups is 2. The Bertz CT molecular complexity index is 1010. The van der Waals surface area contributed by atoms with Crippen molar-refractivity contribution in [3.05, 3.63) is 45.6 Å². The molecule has 1 aliphatic rings. The Balaban J connectivity index is 1.73. The van der Waals surface area contributed by atoms with Gasteiger partial charge in [-0.25, -0.2) is 4.79 Å². The summed E-state index contributed by atoms with van der Waals surface area (Å²) in [6.07, 6.45) is 4.43. The van der Waals surface area contributed by atoms with Gasteiger partial charge < -0.3 is 29.3 Å². The number of nitrogens with zero attached hydrogens (tertiary/aromatic N) is 2. The van der Waals surface area contributed by atoms with Crippen LogP contribution in [-0.2, 0) is 22.5 Å². The van der Waals surface area contributed by atoms with E-state index in [-0.39, 0.29) is 24.6 Å². The Morgan fingerprint density at radius 2 is 1.95 bits per heavy atom. The van der Waals surface area contributed by atoms with Gasteiger partial charge in [0.1, 0.15) is 6.54 Å². The number of ether oxygens (including phenoxy) is 3. The molecule has 2 aromatic rings. The minimum absolute atomic E-state index is 0.0219. The first-order valence-corrected chi connectivity index (χ1v) is 13.9. The van der Waals surface area contributed by atoms with Gasteiger partial charge in [0.05, 0.1) is 26.9 Å². The fourth-order valence-corrected chi connectivity index (χ4v) is 5.26. The molecule has 1 saturated heterocycles. The van der Waals surface area contributed by atoms with E-state index in [4.69, 9.17) is 14.2 Å². The molecular formula is C28H41N3O5S. The van der Waals surface area contributed by atoms with Crippen LogP contribution in [0.2, 0.25) is 0 Å². The maximum atomic E-state index is 13.6. The van der Waals surface area contributed by atoms with Crippen LogP contribution in [0.4, 0.5) is 4.79 Å². The predicted octanol–water partition coefficient (Wildman–Crippen LogP) is 4.64. The molecule has 8 nitrogen and oxygen atoms in total. The molecular weight excluding hydrogens is 490 g/mol. The number of rotatable bonds is 14. The molecule has 3 amide bonds. The van der Waals surface area contributed by atoms with E-state index in [1.54, 1.807) is 30.5 Å². The van der Waals surface area contributed by atoms with Crippen LogP contribution in [0.15, 0.2) is 30.3 Å². The van der Waals surface area contributed by atoms with Crippen molar-refractivity contribution in [3.8, 4) is 11.5 Å². The van der Waals surface area contributed by atoms with Crippen molar-refractivity contribution in [3.63, 3.8) is 0 Å². The number of hydrogen-bond acceptors (Lipinski definition) is 6. The second-order valence-corrected chi connectivity index (χ2v) is 10.7. The average molecular weight is 532 g/mol. The predicted molar refractivity (Wildman–Crippen MR) is 147 cm³/mol. The second kappa shape index (κ2) is 14.8. The van der Waals surface area contributed by atoms with E-state index in [1.165, 1.54) is 4.88 Å². The van der Waals surface area contributed by atoms with E-state index < -0.39 is 0 Å². The van der Waals surface area contributed by atoms with E-state index in [2.05, 4.69) is 31.3 Å². The highest BCUT2D eigenvalue weighted by atomic mass is 32.1. The fraction of sp³-hybridized carbons (Fsp3) is 0.571. The molecule has 0 bridgehead atoms. The van der Waals surface area contributed by atoms with E-state index >= 15 is 0 Å². The topological polar surface area (TPSA) is 80.3 Å². The van der Waals surface area contributed by atoms with Crippen LogP contribution in [0.5, 0.6) is 11.5 Å². The molecule has 3 rings (SSSR count).